The highest BCUT2D eigenvalue weighted by molar-refractivity contribution is 6.02. The third kappa shape index (κ3) is 2.91. The predicted molar refractivity (Wildman–Crippen MR) is 82.4 cm³/mol. The lowest BCUT2D eigenvalue weighted by molar-refractivity contribution is 0.0931. The number of rotatable bonds is 5. The number of amides is 1. The molecule has 3 rings (SSSR count). The van der Waals surface area contributed by atoms with Gasteiger partial charge in [0.1, 0.15) is 6.04 Å². The number of Topliss-reactive ketones (excluding diaryl/α,β-unsaturated/α-hetero) is 1. The summed E-state index contributed by atoms with van der Waals surface area (Å²) >= 11 is 0. The molecule has 0 spiro atoms. The third-order valence-electron chi connectivity index (χ3n) is 4.13. The van der Waals surface area contributed by atoms with Crippen LogP contribution in [0.3, 0.4) is 0 Å². The SMILES string of the molecule is CC(=O)c1[nH]c(C)c(C(=O)N[C@@H](C)c2nc(C3CC3)no2)c1C. The lowest BCUT2D eigenvalue weighted by atomic mass is 10.1. The van der Waals surface area contributed by atoms with Crippen LogP contribution in [-0.2, 0) is 0 Å². The van der Waals surface area contributed by atoms with Crippen LogP contribution in [0.5, 0.6) is 0 Å². The molecule has 1 saturated carbocycles. The molecule has 0 aliphatic heterocycles. The summed E-state index contributed by atoms with van der Waals surface area (Å²) in [5.41, 5.74) is 2.28. The average Bonchev–Trinajstić information content (AvgIpc) is 3.12. The molecule has 2 aromatic heterocycles. The number of nitrogens with one attached hydrogen (secondary N) is 2. The van der Waals surface area contributed by atoms with Crippen LogP contribution in [0.2, 0.25) is 0 Å². The van der Waals surface area contributed by atoms with Crippen molar-refractivity contribution >= 4 is 11.7 Å². The molecule has 2 heterocycles. The summed E-state index contributed by atoms with van der Waals surface area (Å²) in [7, 11) is 0. The first kappa shape index (κ1) is 15.5. The summed E-state index contributed by atoms with van der Waals surface area (Å²) < 4.78 is 5.23. The van der Waals surface area contributed by atoms with Gasteiger partial charge in [0.15, 0.2) is 11.6 Å². The zero-order chi connectivity index (χ0) is 16.7. The first-order valence-corrected chi connectivity index (χ1v) is 7.73. The number of carbonyl (C=O) groups is 2. The van der Waals surface area contributed by atoms with Crippen molar-refractivity contribution in [1.82, 2.24) is 20.4 Å². The topological polar surface area (TPSA) is 101 Å². The summed E-state index contributed by atoms with van der Waals surface area (Å²) in [6.45, 7) is 6.81. The number of H-pyrrole nitrogens is 1. The van der Waals surface area contributed by atoms with Crippen molar-refractivity contribution in [2.75, 3.05) is 0 Å². The molecular formula is C16H20N4O3. The zero-order valence-electron chi connectivity index (χ0n) is 13.7. The minimum atomic E-state index is -0.392. The Labute approximate surface area is 133 Å². The van der Waals surface area contributed by atoms with Crippen LogP contribution in [0.1, 0.15) is 82.5 Å². The Morgan fingerprint density at radius 3 is 2.61 bits per heavy atom. The highest BCUT2D eigenvalue weighted by atomic mass is 16.5. The van der Waals surface area contributed by atoms with Gasteiger partial charge in [0.05, 0.1) is 11.3 Å². The monoisotopic (exact) mass is 316 g/mol. The van der Waals surface area contributed by atoms with Gasteiger partial charge < -0.3 is 14.8 Å². The van der Waals surface area contributed by atoms with Gasteiger partial charge in [-0.3, -0.25) is 9.59 Å². The largest absolute Gasteiger partial charge is 0.355 e. The molecule has 7 heteroatoms. The second kappa shape index (κ2) is 5.64. The molecule has 1 amide bonds. The first-order valence-electron chi connectivity index (χ1n) is 7.73. The standard InChI is InChI=1S/C16H20N4O3/c1-7-12(8(2)17-13(7)10(4)21)15(22)18-9(3)16-19-14(20-23-16)11-5-6-11/h9,11,17H,5-6H2,1-4H3,(H,18,22)/t9-/m0/s1. The molecule has 0 bridgehead atoms. The van der Waals surface area contributed by atoms with Crippen molar-refractivity contribution in [2.24, 2.45) is 0 Å². The third-order valence-corrected chi connectivity index (χ3v) is 4.13. The number of hydrogen-bond acceptors (Lipinski definition) is 5. The number of carbonyl (C=O) groups excluding carboxylic acids is 2. The minimum Gasteiger partial charge on any atom is -0.355 e. The summed E-state index contributed by atoms with van der Waals surface area (Å²) in [6.07, 6.45) is 2.19. The number of aryl methyl sites for hydroxylation is 1. The van der Waals surface area contributed by atoms with Gasteiger partial charge in [-0.1, -0.05) is 5.16 Å². The van der Waals surface area contributed by atoms with Crippen LogP contribution in [0.4, 0.5) is 0 Å². The maximum Gasteiger partial charge on any atom is 0.254 e. The van der Waals surface area contributed by atoms with E-state index in [0.717, 1.165) is 12.8 Å². The first-order chi connectivity index (χ1) is 10.9. The van der Waals surface area contributed by atoms with Crippen LogP contribution < -0.4 is 5.32 Å². The number of aromatic nitrogens is 3. The molecule has 0 unspecified atom stereocenters. The maximum absolute atomic E-state index is 12.5. The molecule has 0 aromatic carbocycles. The highest BCUT2D eigenvalue weighted by Gasteiger charge is 2.30. The summed E-state index contributed by atoms with van der Waals surface area (Å²) in [5.74, 6) is 1.17. The molecule has 0 radical (unpaired) electrons. The minimum absolute atomic E-state index is 0.0938. The molecule has 7 nitrogen and oxygen atoms in total. The maximum atomic E-state index is 12.5. The van der Waals surface area contributed by atoms with Crippen LogP contribution in [-0.4, -0.2) is 26.8 Å². The van der Waals surface area contributed by atoms with E-state index in [9.17, 15) is 9.59 Å². The van der Waals surface area contributed by atoms with Gasteiger partial charge in [-0.05, 0) is 39.2 Å². The Morgan fingerprint density at radius 1 is 1.35 bits per heavy atom. The zero-order valence-corrected chi connectivity index (χ0v) is 13.7. The predicted octanol–water partition coefficient (Wildman–Crippen LogP) is 2.59. The van der Waals surface area contributed by atoms with Crippen molar-refractivity contribution in [3.63, 3.8) is 0 Å². The van der Waals surface area contributed by atoms with Crippen molar-refractivity contribution in [2.45, 2.75) is 52.5 Å². The molecule has 1 atom stereocenters. The van der Waals surface area contributed by atoms with E-state index in [1.54, 1.807) is 20.8 Å². The van der Waals surface area contributed by atoms with Gasteiger partial charge in [-0.2, -0.15) is 4.98 Å². The fourth-order valence-corrected chi connectivity index (χ4v) is 2.70. The Morgan fingerprint density at radius 2 is 2.04 bits per heavy atom. The van der Waals surface area contributed by atoms with Crippen molar-refractivity contribution in [3.8, 4) is 0 Å². The number of nitrogens with zero attached hydrogens (tertiary/aromatic N) is 2. The Balaban J connectivity index is 1.76. The second-order valence-electron chi connectivity index (χ2n) is 6.14. The van der Waals surface area contributed by atoms with Crippen molar-refractivity contribution in [3.05, 3.63) is 34.2 Å². The van der Waals surface area contributed by atoms with E-state index in [1.165, 1.54) is 6.92 Å². The highest BCUT2D eigenvalue weighted by Crippen LogP contribution is 2.38. The normalized spacial score (nSPS) is 15.5. The molecule has 2 aromatic rings. The van der Waals surface area contributed by atoms with Crippen LogP contribution in [0, 0.1) is 13.8 Å². The van der Waals surface area contributed by atoms with Gasteiger partial charge in [0.2, 0.25) is 5.89 Å². The van der Waals surface area contributed by atoms with Crippen molar-refractivity contribution < 1.29 is 14.1 Å². The molecular weight excluding hydrogens is 296 g/mol. The van der Waals surface area contributed by atoms with Gasteiger partial charge in [-0.25, -0.2) is 0 Å². The smallest absolute Gasteiger partial charge is 0.254 e. The molecule has 2 N–H and O–H groups in total. The van der Waals surface area contributed by atoms with E-state index in [-0.39, 0.29) is 11.7 Å². The second-order valence-corrected chi connectivity index (χ2v) is 6.14. The lowest BCUT2D eigenvalue weighted by Crippen LogP contribution is -2.27. The van der Waals surface area contributed by atoms with E-state index in [2.05, 4.69) is 20.4 Å². The number of ketones is 1. The quantitative estimate of drug-likeness (QED) is 0.826. The molecule has 23 heavy (non-hydrogen) atoms. The van der Waals surface area contributed by atoms with Crippen LogP contribution in [0.15, 0.2) is 4.52 Å². The fraction of sp³-hybridized carbons (Fsp3) is 0.500. The Hall–Kier alpha value is -2.44. The fourth-order valence-electron chi connectivity index (χ4n) is 2.70. The summed E-state index contributed by atoms with van der Waals surface area (Å²) in [4.78, 5) is 31.4. The van der Waals surface area contributed by atoms with E-state index >= 15 is 0 Å². The van der Waals surface area contributed by atoms with Crippen molar-refractivity contribution in [1.29, 1.82) is 0 Å². The number of aromatic amines is 1. The van der Waals surface area contributed by atoms with E-state index in [1.807, 2.05) is 0 Å². The molecule has 122 valence electrons. The van der Waals surface area contributed by atoms with E-state index < -0.39 is 6.04 Å². The summed E-state index contributed by atoms with van der Waals surface area (Å²) in [5, 5.41) is 6.81. The van der Waals surface area contributed by atoms with Gasteiger partial charge in [0.25, 0.3) is 5.91 Å². The Kier molecular flexibility index (Phi) is 3.79. The number of hydrogen-bond donors (Lipinski definition) is 2. The molecule has 1 aliphatic carbocycles. The molecule has 1 fully saturated rings. The van der Waals surface area contributed by atoms with Gasteiger partial charge in [0, 0.05) is 18.5 Å². The van der Waals surface area contributed by atoms with E-state index in [4.69, 9.17) is 4.52 Å². The van der Waals surface area contributed by atoms with Gasteiger partial charge in [-0.15, -0.1) is 0 Å². The molecule has 1 aliphatic rings. The average molecular weight is 316 g/mol. The summed E-state index contributed by atoms with van der Waals surface area (Å²) in [6, 6.07) is -0.392. The van der Waals surface area contributed by atoms with Gasteiger partial charge >= 0.3 is 0 Å². The van der Waals surface area contributed by atoms with Crippen LogP contribution >= 0.6 is 0 Å². The lowest BCUT2D eigenvalue weighted by Gasteiger charge is -2.10. The van der Waals surface area contributed by atoms with E-state index in [0.29, 0.717) is 40.1 Å². The van der Waals surface area contributed by atoms with Crippen LogP contribution in [0.25, 0.3) is 0 Å². The molecule has 0 saturated heterocycles. The Bertz CT molecular complexity index is 770.